The average Bonchev–Trinajstić information content (AvgIpc) is 2.38. The van der Waals surface area contributed by atoms with Gasteiger partial charge in [0.05, 0.1) is 0 Å². The van der Waals surface area contributed by atoms with Crippen molar-refractivity contribution in [3.8, 4) is 0 Å². The lowest BCUT2D eigenvalue weighted by atomic mass is 10.2. The van der Waals surface area contributed by atoms with Crippen molar-refractivity contribution in [2.75, 3.05) is 18.0 Å². The van der Waals surface area contributed by atoms with Crippen LogP contribution < -0.4 is 10.2 Å². The molecule has 2 amide bonds. The predicted octanol–water partition coefficient (Wildman–Crippen LogP) is 2.92. The van der Waals surface area contributed by atoms with Gasteiger partial charge in [0, 0.05) is 37.1 Å². The monoisotopic (exact) mass is 296 g/mol. The van der Waals surface area contributed by atoms with E-state index in [-0.39, 0.29) is 11.8 Å². The van der Waals surface area contributed by atoms with E-state index in [1.807, 2.05) is 26.0 Å². The maximum atomic E-state index is 11.7. The van der Waals surface area contributed by atoms with Gasteiger partial charge in [-0.25, -0.2) is 0 Å². The first-order valence-electron chi connectivity index (χ1n) is 6.76. The Balaban J connectivity index is 2.67. The van der Waals surface area contributed by atoms with Crippen molar-refractivity contribution in [2.24, 2.45) is 0 Å². The van der Waals surface area contributed by atoms with Gasteiger partial charge in [-0.15, -0.1) is 0 Å². The van der Waals surface area contributed by atoms with E-state index in [9.17, 15) is 9.59 Å². The number of nitrogens with zero attached hydrogens (tertiary/aromatic N) is 1. The van der Waals surface area contributed by atoms with Crippen LogP contribution in [0.2, 0.25) is 5.02 Å². The topological polar surface area (TPSA) is 49.4 Å². The molecule has 1 aromatic rings. The summed E-state index contributed by atoms with van der Waals surface area (Å²) >= 11 is 6.08. The molecule has 110 valence electrons. The lowest BCUT2D eigenvalue weighted by molar-refractivity contribution is -0.121. The molecule has 0 atom stereocenters. The summed E-state index contributed by atoms with van der Waals surface area (Å²) in [5, 5.41) is 3.43. The minimum Gasteiger partial charge on any atom is -0.354 e. The van der Waals surface area contributed by atoms with Gasteiger partial charge in [-0.1, -0.05) is 24.6 Å². The summed E-state index contributed by atoms with van der Waals surface area (Å²) in [6, 6.07) is 5.51. The van der Waals surface area contributed by atoms with Gasteiger partial charge in [-0.3, -0.25) is 9.59 Å². The number of carbonyl (C=O) groups is 2. The molecule has 0 spiro atoms. The third-order valence-electron chi connectivity index (χ3n) is 2.98. The van der Waals surface area contributed by atoms with E-state index in [4.69, 9.17) is 11.6 Å². The summed E-state index contributed by atoms with van der Waals surface area (Å²) in [6.45, 7) is 6.24. The molecular formula is C15H21ClN2O2. The third kappa shape index (κ3) is 4.85. The van der Waals surface area contributed by atoms with Crippen LogP contribution in [0.5, 0.6) is 0 Å². The average molecular weight is 297 g/mol. The molecule has 1 aromatic carbocycles. The van der Waals surface area contributed by atoms with Crippen LogP contribution >= 0.6 is 11.6 Å². The number of hydrogen-bond acceptors (Lipinski definition) is 2. The molecule has 5 heteroatoms. The summed E-state index contributed by atoms with van der Waals surface area (Å²) in [7, 11) is 0. The Morgan fingerprint density at radius 1 is 1.35 bits per heavy atom. The highest BCUT2D eigenvalue weighted by molar-refractivity contribution is 6.31. The predicted molar refractivity (Wildman–Crippen MR) is 82.1 cm³/mol. The SMILES string of the molecule is CCCC(=O)NCCN(C(C)=O)c1ccc(C)c(Cl)c1. The number of hydrogen-bond donors (Lipinski definition) is 1. The fourth-order valence-corrected chi connectivity index (χ4v) is 2.02. The van der Waals surface area contributed by atoms with Gasteiger partial charge in [0.1, 0.15) is 0 Å². The van der Waals surface area contributed by atoms with E-state index in [0.29, 0.717) is 24.5 Å². The summed E-state index contributed by atoms with van der Waals surface area (Å²) in [5.41, 5.74) is 1.72. The van der Waals surface area contributed by atoms with E-state index in [1.54, 1.807) is 11.0 Å². The Labute approximate surface area is 125 Å². The zero-order chi connectivity index (χ0) is 15.1. The van der Waals surface area contributed by atoms with Crippen LogP contribution in [0.15, 0.2) is 18.2 Å². The fourth-order valence-electron chi connectivity index (χ4n) is 1.84. The molecular weight excluding hydrogens is 276 g/mol. The molecule has 0 aliphatic carbocycles. The number of benzene rings is 1. The highest BCUT2D eigenvalue weighted by Crippen LogP contribution is 2.23. The van der Waals surface area contributed by atoms with Crippen LogP contribution in [-0.2, 0) is 9.59 Å². The molecule has 0 heterocycles. The molecule has 1 N–H and O–H groups in total. The molecule has 0 unspecified atom stereocenters. The minimum absolute atomic E-state index is 0.0120. The lowest BCUT2D eigenvalue weighted by Gasteiger charge is -2.22. The Morgan fingerprint density at radius 3 is 2.60 bits per heavy atom. The highest BCUT2D eigenvalue weighted by Gasteiger charge is 2.12. The van der Waals surface area contributed by atoms with Gasteiger partial charge in [-0.05, 0) is 31.0 Å². The summed E-state index contributed by atoms with van der Waals surface area (Å²) in [6.07, 6.45) is 1.33. The number of nitrogens with one attached hydrogen (secondary N) is 1. The number of aryl methyl sites for hydroxylation is 1. The number of anilines is 1. The molecule has 0 aliphatic rings. The first-order valence-corrected chi connectivity index (χ1v) is 7.14. The molecule has 0 radical (unpaired) electrons. The second-order valence-corrected chi connectivity index (χ2v) is 5.11. The highest BCUT2D eigenvalue weighted by atomic mass is 35.5. The van der Waals surface area contributed by atoms with Crippen LogP contribution in [0.25, 0.3) is 0 Å². The quantitative estimate of drug-likeness (QED) is 0.877. The Bertz CT molecular complexity index is 489. The molecule has 0 saturated heterocycles. The fraction of sp³-hybridized carbons (Fsp3) is 0.467. The van der Waals surface area contributed by atoms with Crippen molar-refractivity contribution < 1.29 is 9.59 Å². The van der Waals surface area contributed by atoms with Gasteiger partial charge in [-0.2, -0.15) is 0 Å². The van der Waals surface area contributed by atoms with E-state index in [0.717, 1.165) is 17.7 Å². The van der Waals surface area contributed by atoms with Crippen molar-refractivity contribution >= 4 is 29.1 Å². The second kappa shape index (κ2) is 7.90. The number of halogens is 1. The summed E-state index contributed by atoms with van der Waals surface area (Å²) < 4.78 is 0. The smallest absolute Gasteiger partial charge is 0.223 e. The summed E-state index contributed by atoms with van der Waals surface area (Å²) in [5.74, 6) is -0.0624. The number of carbonyl (C=O) groups excluding carboxylic acids is 2. The molecule has 0 saturated carbocycles. The largest absolute Gasteiger partial charge is 0.354 e. The zero-order valence-electron chi connectivity index (χ0n) is 12.2. The first-order chi connectivity index (χ1) is 9.45. The Morgan fingerprint density at radius 2 is 2.05 bits per heavy atom. The van der Waals surface area contributed by atoms with Gasteiger partial charge in [0.2, 0.25) is 11.8 Å². The molecule has 0 bridgehead atoms. The van der Waals surface area contributed by atoms with Gasteiger partial charge in [0.15, 0.2) is 0 Å². The van der Waals surface area contributed by atoms with Crippen molar-refractivity contribution in [3.63, 3.8) is 0 Å². The third-order valence-corrected chi connectivity index (χ3v) is 3.39. The lowest BCUT2D eigenvalue weighted by Crippen LogP contribution is -2.37. The van der Waals surface area contributed by atoms with E-state index in [2.05, 4.69) is 5.32 Å². The van der Waals surface area contributed by atoms with E-state index < -0.39 is 0 Å². The molecule has 0 aromatic heterocycles. The van der Waals surface area contributed by atoms with Crippen LogP contribution in [0, 0.1) is 6.92 Å². The van der Waals surface area contributed by atoms with Gasteiger partial charge >= 0.3 is 0 Å². The number of amides is 2. The molecule has 20 heavy (non-hydrogen) atoms. The van der Waals surface area contributed by atoms with Crippen LogP contribution in [0.4, 0.5) is 5.69 Å². The second-order valence-electron chi connectivity index (χ2n) is 4.70. The summed E-state index contributed by atoms with van der Waals surface area (Å²) in [4.78, 5) is 24.7. The van der Waals surface area contributed by atoms with Crippen molar-refractivity contribution in [2.45, 2.75) is 33.6 Å². The number of rotatable bonds is 6. The Kier molecular flexibility index (Phi) is 6.52. The first kappa shape index (κ1) is 16.5. The standard InChI is InChI=1S/C15H21ClN2O2/c1-4-5-15(20)17-8-9-18(12(3)19)13-7-6-11(2)14(16)10-13/h6-7,10H,4-5,8-9H2,1-3H3,(H,17,20). The van der Waals surface area contributed by atoms with Crippen LogP contribution in [-0.4, -0.2) is 24.9 Å². The van der Waals surface area contributed by atoms with Crippen LogP contribution in [0.1, 0.15) is 32.3 Å². The van der Waals surface area contributed by atoms with Crippen molar-refractivity contribution in [1.29, 1.82) is 0 Å². The van der Waals surface area contributed by atoms with E-state index in [1.165, 1.54) is 6.92 Å². The molecule has 0 fully saturated rings. The van der Waals surface area contributed by atoms with Crippen LogP contribution in [0.3, 0.4) is 0 Å². The Hall–Kier alpha value is -1.55. The van der Waals surface area contributed by atoms with Gasteiger partial charge < -0.3 is 10.2 Å². The minimum atomic E-state index is -0.0744. The van der Waals surface area contributed by atoms with Crippen molar-refractivity contribution in [1.82, 2.24) is 5.32 Å². The van der Waals surface area contributed by atoms with E-state index >= 15 is 0 Å². The molecule has 1 rings (SSSR count). The maximum Gasteiger partial charge on any atom is 0.223 e. The maximum absolute atomic E-state index is 11.7. The van der Waals surface area contributed by atoms with Gasteiger partial charge in [0.25, 0.3) is 0 Å². The molecule has 0 aliphatic heterocycles. The normalized spacial score (nSPS) is 10.2. The zero-order valence-corrected chi connectivity index (χ0v) is 13.0. The van der Waals surface area contributed by atoms with Crippen molar-refractivity contribution in [3.05, 3.63) is 28.8 Å². The molecule has 4 nitrogen and oxygen atoms in total.